The minimum Gasteiger partial charge on any atom is -0.495 e. The molecule has 0 aromatic heterocycles. The Morgan fingerprint density at radius 1 is 1.33 bits per heavy atom. The van der Waals surface area contributed by atoms with Crippen molar-refractivity contribution in [1.82, 2.24) is 5.32 Å². The van der Waals surface area contributed by atoms with Crippen molar-refractivity contribution in [1.29, 1.82) is 5.26 Å². The molecule has 0 saturated carbocycles. The highest BCUT2D eigenvalue weighted by Gasteiger charge is 2.40. The van der Waals surface area contributed by atoms with Crippen LogP contribution >= 0.6 is 0 Å². The molecule has 18 heavy (non-hydrogen) atoms. The van der Waals surface area contributed by atoms with E-state index in [1.54, 1.807) is 6.07 Å². The number of methoxy groups -OCH3 is 1. The smallest absolute Gasteiger partial charge is 0.336 e. The first-order valence-corrected chi connectivity index (χ1v) is 4.86. The molecule has 0 aliphatic carbocycles. The van der Waals surface area contributed by atoms with Crippen molar-refractivity contribution in [2.45, 2.75) is 0 Å². The number of imide groups is 2. The molecule has 4 amide bonds. The Hall–Kier alpha value is -2.88. The molecule has 1 aromatic carbocycles. The Balaban J connectivity index is 2.64. The van der Waals surface area contributed by atoms with Gasteiger partial charge in [-0.2, -0.15) is 5.26 Å². The van der Waals surface area contributed by atoms with Crippen LogP contribution in [0.4, 0.5) is 10.5 Å². The number of nitrogens with one attached hydrogen (secondary N) is 1. The molecule has 1 N–H and O–H groups in total. The van der Waals surface area contributed by atoms with Crippen LogP contribution in [-0.2, 0) is 9.59 Å². The Labute approximate surface area is 102 Å². The van der Waals surface area contributed by atoms with Gasteiger partial charge in [0, 0.05) is 0 Å². The lowest BCUT2D eigenvalue weighted by Gasteiger charge is -2.16. The summed E-state index contributed by atoms with van der Waals surface area (Å²) >= 11 is 0. The molecule has 7 nitrogen and oxygen atoms in total. The van der Waals surface area contributed by atoms with Crippen LogP contribution in [0.1, 0.15) is 5.56 Å². The van der Waals surface area contributed by atoms with Gasteiger partial charge < -0.3 is 4.74 Å². The second-order valence-corrected chi connectivity index (χ2v) is 3.37. The van der Waals surface area contributed by atoms with Gasteiger partial charge in [0.05, 0.1) is 12.7 Å². The van der Waals surface area contributed by atoms with Gasteiger partial charge in [0.25, 0.3) is 0 Å². The van der Waals surface area contributed by atoms with Gasteiger partial charge in [0.1, 0.15) is 17.5 Å². The lowest BCUT2D eigenvalue weighted by atomic mass is 10.1. The number of carbonyl (C=O) groups is 3. The Kier molecular flexibility index (Phi) is 2.69. The van der Waals surface area contributed by atoms with Crippen LogP contribution in [-0.4, -0.2) is 25.0 Å². The minimum atomic E-state index is -1.04. The van der Waals surface area contributed by atoms with E-state index in [4.69, 9.17) is 10.00 Å². The normalized spacial score (nSPS) is 14.4. The number of nitriles is 1. The third-order valence-corrected chi connectivity index (χ3v) is 2.38. The molecular formula is C11H7N3O4. The maximum Gasteiger partial charge on any atom is 0.336 e. The third kappa shape index (κ3) is 1.56. The van der Waals surface area contributed by atoms with Crippen molar-refractivity contribution in [2.24, 2.45) is 0 Å². The molecule has 0 radical (unpaired) electrons. The Bertz CT molecular complexity index is 603. The molecule has 1 aromatic rings. The van der Waals surface area contributed by atoms with E-state index in [2.05, 4.69) is 0 Å². The molecule has 1 fully saturated rings. The number of ether oxygens (including phenoxy) is 1. The topological polar surface area (TPSA) is 99.5 Å². The fourth-order valence-corrected chi connectivity index (χ4v) is 1.61. The molecule has 0 bridgehead atoms. The number of anilines is 1. The van der Waals surface area contributed by atoms with Crippen LogP contribution in [0.25, 0.3) is 0 Å². The molecule has 1 heterocycles. The largest absolute Gasteiger partial charge is 0.495 e. The van der Waals surface area contributed by atoms with Crippen molar-refractivity contribution in [2.75, 3.05) is 12.0 Å². The van der Waals surface area contributed by atoms with E-state index in [0.717, 1.165) is 0 Å². The lowest BCUT2D eigenvalue weighted by molar-refractivity contribution is -0.134. The van der Waals surface area contributed by atoms with Gasteiger partial charge >= 0.3 is 17.8 Å². The summed E-state index contributed by atoms with van der Waals surface area (Å²) in [4.78, 5) is 34.8. The first kappa shape index (κ1) is 11.6. The van der Waals surface area contributed by atoms with Crippen molar-refractivity contribution in [3.63, 3.8) is 0 Å². The average molecular weight is 245 g/mol. The molecule has 7 heteroatoms. The van der Waals surface area contributed by atoms with E-state index in [0.29, 0.717) is 4.90 Å². The van der Waals surface area contributed by atoms with E-state index < -0.39 is 17.8 Å². The number of benzene rings is 1. The quantitative estimate of drug-likeness (QED) is 0.590. The summed E-state index contributed by atoms with van der Waals surface area (Å²) < 4.78 is 5.00. The van der Waals surface area contributed by atoms with Crippen LogP contribution in [0.3, 0.4) is 0 Å². The number of rotatable bonds is 2. The van der Waals surface area contributed by atoms with Crippen LogP contribution in [0.5, 0.6) is 5.75 Å². The summed E-state index contributed by atoms with van der Waals surface area (Å²) in [6.45, 7) is 0. The van der Waals surface area contributed by atoms with Gasteiger partial charge in [0.2, 0.25) is 0 Å². The Morgan fingerprint density at radius 3 is 2.56 bits per heavy atom. The van der Waals surface area contributed by atoms with Gasteiger partial charge in [-0.05, 0) is 12.1 Å². The number of urea groups is 1. The monoisotopic (exact) mass is 245 g/mol. The molecule has 1 aliphatic rings. The van der Waals surface area contributed by atoms with E-state index >= 15 is 0 Å². The molecule has 0 spiro atoms. The molecule has 90 valence electrons. The van der Waals surface area contributed by atoms with Crippen molar-refractivity contribution >= 4 is 23.5 Å². The van der Waals surface area contributed by atoms with E-state index in [-0.39, 0.29) is 17.0 Å². The number of hydrogen-bond donors (Lipinski definition) is 1. The number of amides is 4. The zero-order chi connectivity index (χ0) is 13.3. The van der Waals surface area contributed by atoms with Crippen LogP contribution in [0, 0.1) is 11.3 Å². The van der Waals surface area contributed by atoms with Gasteiger partial charge in [-0.25, -0.2) is 9.69 Å². The zero-order valence-corrected chi connectivity index (χ0v) is 9.26. The Morgan fingerprint density at radius 2 is 2.06 bits per heavy atom. The lowest BCUT2D eigenvalue weighted by Crippen LogP contribution is -2.31. The van der Waals surface area contributed by atoms with E-state index in [9.17, 15) is 14.4 Å². The summed E-state index contributed by atoms with van der Waals surface area (Å²) in [5.41, 5.74) is 0.0309. The van der Waals surface area contributed by atoms with Crippen LogP contribution < -0.4 is 15.0 Å². The van der Waals surface area contributed by atoms with Gasteiger partial charge in [-0.15, -0.1) is 0 Å². The summed E-state index contributed by atoms with van der Waals surface area (Å²) in [5, 5.41) is 10.8. The molecule has 0 atom stereocenters. The first-order valence-electron chi connectivity index (χ1n) is 4.86. The second kappa shape index (κ2) is 4.18. The van der Waals surface area contributed by atoms with Crippen LogP contribution in [0.15, 0.2) is 18.2 Å². The zero-order valence-electron chi connectivity index (χ0n) is 9.26. The maximum absolute atomic E-state index is 11.6. The summed E-state index contributed by atoms with van der Waals surface area (Å²) in [6.07, 6.45) is 0. The summed E-state index contributed by atoms with van der Waals surface area (Å²) in [6, 6.07) is 5.39. The van der Waals surface area contributed by atoms with Gasteiger partial charge in [0.15, 0.2) is 0 Å². The fraction of sp³-hybridized carbons (Fsp3) is 0.0909. The predicted molar refractivity (Wildman–Crippen MR) is 58.7 cm³/mol. The standard InChI is InChI=1S/C11H7N3O4/c1-18-7-4-2-3-6(5-12)8(7)14-10(16)9(15)13-11(14)17/h2-4H,1H3,(H,13,15,17). The number of hydrogen-bond acceptors (Lipinski definition) is 5. The van der Waals surface area contributed by atoms with Gasteiger partial charge in [-0.3, -0.25) is 14.9 Å². The van der Waals surface area contributed by atoms with Crippen molar-refractivity contribution < 1.29 is 19.1 Å². The number of carbonyl (C=O) groups excluding carboxylic acids is 3. The maximum atomic E-state index is 11.6. The number of para-hydroxylation sites is 1. The van der Waals surface area contributed by atoms with Crippen LogP contribution in [0.2, 0.25) is 0 Å². The second-order valence-electron chi connectivity index (χ2n) is 3.37. The fourth-order valence-electron chi connectivity index (χ4n) is 1.61. The van der Waals surface area contributed by atoms with Crippen molar-refractivity contribution in [3.8, 4) is 11.8 Å². The SMILES string of the molecule is COc1cccc(C#N)c1N1C(=O)NC(=O)C1=O. The van der Waals surface area contributed by atoms with Gasteiger partial charge in [-0.1, -0.05) is 6.07 Å². The summed E-state index contributed by atoms with van der Waals surface area (Å²) in [7, 11) is 1.33. The van der Waals surface area contributed by atoms with E-state index in [1.165, 1.54) is 19.2 Å². The van der Waals surface area contributed by atoms with E-state index in [1.807, 2.05) is 11.4 Å². The molecule has 1 saturated heterocycles. The highest BCUT2D eigenvalue weighted by molar-refractivity contribution is 6.53. The molecular weight excluding hydrogens is 238 g/mol. The molecule has 1 aliphatic heterocycles. The van der Waals surface area contributed by atoms with Crippen molar-refractivity contribution in [3.05, 3.63) is 23.8 Å². The number of nitrogens with zero attached hydrogens (tertiary/aromatic N) is 2. The average Bonchev–Trinajstić information content (AvgIpc) is 2.62. The highest BCUT2D eigenvalue weighted by Crippen LogP contribution is 2.33. The minimum absolute atomic E-state index is 0.0316. The first-order chi connectivity index (χ1) is 8.60. The predicted octanol–water partition coefficient (Wildman–Crippen LogP) is 0.150. The molecule has 0 unspecified atom stereocenters. The summed E-state index contributed by atoms with van der Waals surface area (Å²) in [5.74, 6) is -1.91. The third-order valence-electron chi connectivity index (χ3n) is 2.38. The molecule has 2 rings (SSSR count). The highest BCUT2D eigenvalue weighted by atomic mass is 16.5.